The maximum absolute atomic E-state index is 10.5. The first kappa shape index (κ1) is 15.6. The number of rotatable bonds is 4. The Kier molecular flexibility index (Phi) is 4.70. The number of nitro groups is 1. The van der Waals surface area contributed by atoms with Gasteiger partial charge in [-0.3, -0.25) is 10.1 Å². The summed E-state index contributed by atoms with van der Waals surface area (Å²) in [7, 11) is 0. The van der Waals surface area contributed by atoms with Crippen molar-refractivity contribution >= 4 is 5.69 Å². The Morgan fingerprint density at radius 3 is 2.33 bits per heavy atom. The highest BCUT2D eigenvalue weighted by atomic mass is 16.7. The topological polar surface area (TPSA) is 148 Å². The van der Waals surface area contributed by atoms with E-state index < -0.39 is 35.6 Å². The van der Waals surface area contributed by atoms with Crippen LogP contribution in [0.3, 0.4) is 0 Å². The van der Waals surface area contributed by atoms with Gasteiger partial charge in [0.15, 0.2) is 0 Å². The highest BCUT2D eigenvalue weighted by Gasteiger charge is 2.44. The fraction of sp³-hybridized carbons (Fsp3) is 0.500. The Morgan fingerprint density at radius 2 is 1.81 bits per heavy atom. The largest absolute Gasteiger partial charge is 0.462 e. The van der Waals surface area contributed by atoms with Gasteiger partial charge in [0.25, 0.3) is 5.69 Å². The van der Waals surface area contributed by atoms with Crippen LogP contribution in [-0.2, 0) is 4.74 Å². The Morgan fingerprint density at radius 1 is 1.19 bits per heavy atom. The van der Waals surface area contributed by atoms with E-state index in [1.54, 1.807) is 0 Å². The maximum Gasteiger partial charge on any atom is 0.269 e. The summed E-state index contributed by atoms with van der Waals surface area (Å²) in [5.74, 6) is 0.212. The summed E-state index contributed by atoms with van der Waals surface area (Å²) >= 11 is 0. The van der Waals surface area contributed by atoms with Crippen LogP contribution in [0.25, 0.3) is 0 Å². The number of benzene rings is 1. The van der Waals surface area contributed by atoms with Crippen LogP contribution in [-0.4, -0.2) is 57.5 Å². The van der Waals surface area contributed by atoms with Crippen molar-refractivity contribution in [3.05, 3.63) is 34.4 Å². The fourth-order valence-electron chi connectivity index (χ4n) is 1.99. The Hall–Kier alpha value is -1.78. The van der Waals surface area contributed by atoms with Crippen LogP contribution >= 0.6 is 0 Å². The third-order valence-electron chi connectivity index (χ3n) is 3.20. The molecule has 1 saturated heterocycles. The maximum atomic E-state index is 10.5. The number of aliphatic hydroxyl groups is 3. The molecule has 1 aromatic carbocycles. The number of nitro benzene ring substituents is 1. The van der Waals surface area contributed by atoms with E-state index in [9.17, 15) is 25.4 Å². The number of non-ortho nitro benzene ring substituents is 1. The molecule has 0 bridgehead atoms. The number of hydrogen-bond acceptors (Lipinski definition) is 8. The summed E-state index contributed by atoms with van der Waals surface area (Å²) in [4.78, 5) is 9.99. The lowest BCUT2D eigenvalue weighted by atomic mass is 9.99. The molecule has 1 aliphatic rings. The van der Waals surface area contributed by atoms with Crippen LogP contribution in [0.15, 0.2) is 24.3 Å². The molecule has 1 heterocycles. The molecule has 0 amide bonds. The van der Waals surface area contributed by atoms with E-state index >= 15 is 0 Å². The van der Waals surface area contributed by atoms with E-state index in [1.165, 1.54) is 24.3 Å². The molecule has 1 unspecified atom stereocenters. The molecule has 1 aliphatic heterocycles. The van der Waals surface area contributed by atoms with Gasteiger partial charge in [-0.25, -0.2) is 0 Å². The van der Waals surface area contributed by atoms with Crippen LogP contribution in [0, 0.1) is 10.1 Å². The van der Waals surface area contributed by atoms with Gasteiger partial charge in [0.2, 0.25) is 6.29 Å². The molecule has 2 rings (SSSR count). The van der Waals surface area contributed by atoms with Crippen molar-refractivity contribution in [1.29, 1.82) is 0 Å². The molecule has 5 atom stereocenters. The van der Waals surface area contributed by atoms with Crippen molar-refractivity contribution < 1.29 is 29.7 Å². The van der Waals surface area contributed by atoms with Crippen molar-refractivity contribution in [3.63, 3.8) is 0 Å². The van der Waals surface area contributed by atoms with Gasteiger partial charge in [0.05, 0.1) is 4.92 Å². The van der Waals surface area contributed by atoms with E-state index in [0.717, 1.165) is 0 Å². The molecule has 5 N–H and O–H groups in total. The van der Waals surface area contributed by atoms with Crippen molar-refractivity contribution in [2.24, 2.45) is 5.73 Å². The van der Waals surface area contributed by atoms with Crippen LogP contribution < -0.4 is 10.5 Å². The molecule has 116 valence electrons. The summed E-state index contributed by atoms with van der Waals surface area (Å²) in [6.07, 6.45) is -6.38. The smallest absolute Gasteiger partial charge is 0.269 e. The number of hydrogen-bond donors (Lipinski definition) is 4. The van der Waals surface area contributed by atoms with Gasteiger partial charge in [-0.05, 0) is 12.1 Å². The molecular weight excluding hydrogens is 284 g/mol. The van der Waals surface area contributed by atoms with Crippen LogP contribution in [0.5, 0.6) is 5.75 Å². The molecule has 1 fully saturated rings. The van der Waals surface area contributed by atoms with Crippen molar-refractivity contribution in [2.45, 2.75) is 30.7 Å². The second kappa shape index (κ2) is 6.33. The predicted molar refractivity (Wildman–Crippen MR) is 69.5 cm³/mol. The second-order valence-electron chi connectivity index (χ2n) is 4.62. The summed E-state index contributed by atoms with van der Waals surface area (Å²) in [5.41, 5.74) is 5.29. The van der Waals surface area contributed by atoms with Gasteiger partial charge in [-0.2, -0.15) is 0 Å². The van der Waals surface area contributed by atoms with E-state index in [-0.39, 0.29) is 18.0 Å². The molecule has 0 aliphatic carbocycles. The summed E-state index contributed by atoms with van der Waals surface area (Å²) in [6.45, 7) is -0.0644. The molecule has 0 radical (unpaired) electrons. The molecule has 1 aromatic rings. The Labute approximate surface area is 119 Å². The first-order valence-electron chi connectivity index (χ1n) is 6.25. The highest BCUT2D eigenvalue weighted by molar-refractivity contribution is 5.36. The summed E-state index contributed by atoms with van der Waals surface area (Å²) < 4.78 is 10.6. The average Bonchev–Trinajstić information content (AvgIpc) is 2.48. The van der Waals surface area contributed by atoms with Crippen molar-refractivity contribution in [3.8, 4) is 5.75 Å². The second-order valence-corrected chi connectivity index (χ2v) is 4.62. The van der Waals surface area contributed by atoms with E-state index in [0.29, 0.717) is 0 Å². The minimum absolute atomic E-state index is 0.0644. The zero-order chi connectivity index (χ0) is 15.6. The highest BCUT2D eigenvalue weighted by Crippen LogP contribution is 2.25. The van der Waals surface area contributed by atoms with Gasteiger partial charge in [-0.1, -0.05) is 0 Å². The third-order valence-corrected chi connectivity index (χ3v) is 3.20. The lowest BCUT2D eigenvalue weighted by Gasteiger charge is -2.39. The zero-order valence-electron chi connectivity index (χ0n) is 10.9. The summed E-state index contributed by atoms with van der Waals surface area (Å²) in [5, 5.41) is 39.7. The first-order valence-corrected chi connectivity index (χ1v) is 6.25. The average molecular weight is 300 g/mol. The fourth-order valence-corrected chi connectivity index (χ4v) is 1.99. The lowest BCUT2D eigenvalue weighted by Crippen LogP contribution is -2.60. The van der Waals surface area contributed by atoms with Crippen molar-refractivity contribution in [2.75, 3.05) is 6.54 Å². The minimum atomic E-state index is -1.47. The van der Waals surface area contributed by atoms with E-state index in [4.69, 9.17) is 15.2 Å². The van der Waals surface area contributed by atoms with Gasteiger partial charge >= 0.3 is 0 Å². The first-order chi connectivity index (χ1) is 9.93. The monoisotopic (exact) mass is 300 g/mol. The minimum Gasteiger partial charge on any atom is -0.462 e. The van der Waals surface area contributed by atoms with Gasteiger partial charge in [0.1, 0.15) is 30.2 Å². The van der Waals surface area contributed by atoms with E-state index in [1.807, 2.05) is 0 Å². The number of aliphatic hydroxyl groups excluding tert-OH is 3. The molecular formula is C12H16N2O7. The van der Waals surface area contributed by atoms with Crippen LogP contribution in [0.4, 0.5) is 5.69 Å². The molecule has 21 heavy (non-hydrogen) atoms. The SMILES string of the molecule is NC[C@H]1OC(Oc2ccc([N+](=O)[O-])cc2)[C@H](O)[C@@H](O)[C@H]1O. The summed E-state index contributed by atoms with van der Waals surface area (Å²) in [6, 6.07) is 5.14. The lowest BCUT2D eigenvalue weighted by molar-refractivity contribution is -0.384. The van der Waals surface area contributed by atoms with Crippen LogP contribution in [0.2, 0.25) is 0 Å². The van der Waals surface area contributed by atoms with Gasteiger partial charge in [-0.15, -0.1) is 0 Å². The normalized spacial score (nSPS) is 32.7. The Balaban J connectivity index is 2.08. The molecule has 9 heteroatoms. The molecule has 0 spiro atoms. The molecule has 9 nitrogen and oxygen atoms in total. The third kappa shape index (κ3) is 3.28. The number of ether oxygens (including phenoxy) is 2. The zero-order valence-corrected chi connectivity index (χ0v) is 10.9. The van der Waals surface area contributed by atoms with Crippen LogP contribution in [0.1, 0.15) is 0 Å². The van der Waals surface area contributed by atoms with Crippen molar-refractivity contribution in [1.82, 2.24) is 0 Å². The van der Waals surface area contributed by atoms with Gasteiger partial charge in [0, 0.05) is 18.7 Å². The standard InChI is InChI=1S/C12H16N2O7/c13-5-8-9(15)10(16)11(17)12(21-8)20-7-3-1-6(2-4-7)14(18)19/h1-4,8-12,15-17H,5,13H2/t8-,9+,10+,11-,12?/m1/s1. The van der Waals surface area contributed by atoms with Gasteiger partial charge < -0.3 is 30.5 Å². The number of nitrogens with zero attached hydrogens (tertiary/aromatic N) is 1. The predicted octanol–water partition coefficient (Wildman–Crippen LogP) is -1.26. The quantitative estimate of drug-likeness (QED) is 0.397. The molecule has 0 saturated carbocycles. The Bertz CT molecular complexity index is 493. The number of nitrogens with two attached hydrogens (primary N) is 1. The molecule has 0 aromatic heterocycles. The van der Waals surface area contributed by atoms with E-state index in [2.05, 4.69) is 0 Å².